The van der Waals surface area contributed by atoms with Crippen molar-refractivity contribution >= 4 is 0 Å². The molecule has 0 bridgehead atoms. The highest BCUT2D eigenvalue weighted by Gasteiger charge is 1.79. The van der Waals surface area contributed by atoms with E-state index in [1.807, 2.05) is 25.2 Å². The number of hydrogen-bond donors (Lipinski definition) is 0. The SMILES string of the molecule is [CH2]CCCC/C=C/C=C/C=C/C. The number of hydrogen-bond acceptors (Lipinski definition) is 0. The lowest BCUT2D eigenvalue weighted by Crippen LogP contribution is -1.69. The second kappa shape index (κ2) is 10.2. The molecule has 0 aliphatic heterocycles. The van der Waals surface area contributed by atoms with E-state index in [1.165, 1.54) is 19.3 Å². The quantitative estimate of drug-likeness (QED) is 0.409. The van der Waals surface area contributed by atoms with E-state index in [0.29, 0.717) is 0 Å². The summed E-state index contributed by atoms with van der Waals surface area (Å²) in [4.78, 5) is 0. The molecular weight excluding hydrogens is 144 g/mol. The highest BCUT2D eigenvalue weighted by atomic mass is 13.9. The summed E-state index contributed by atoms with van der Waals surface area (Å²) in [5, 5.41) is 0. The molecule has 0 spiro atoms. The predicted octanol–water partition coefficient (Wildman–Crippen LogP) is 4.07. The van der Waals surface area contributed by atoms with E-state index in [9.17, 15) is 0 Å². The molecule has 0 saturated heterocycles. The summed E-state index contributed by atoms with van der Waals surface area (Å²) in [6, 6.07) is 0. The molecular formula is C12H19. The molecule has 0 aliphatic rings. The van der Waals surface area contributed by atoms with E-state index >= 15 is 0 Å². The molecule has 0 heteroatoms. The Morgan fingerprint density at radius 1 is 1.00 bits per heavy atom. The van der Waals surface area contributed by atoms with Crippen LogP contribution in [-0.4, -0.2) is 0 Å². The van der Waals surface area contributed by atoms with Gasteiger partial charge in [0.1, 0.15) is 0 Å². The first-order chi connectivity index (χ1) is 5.91. The molecule has 12 heavy (non-hydrogen) atoms. The van der Waals surface area contributed by atoms with Gasteiger partial charge in [-0.05, 0) is 19.8 Å². The molecule has 0 atom stereocenters. The summed E-state index contributed by atoms with van der Waals surface area (Å²) in [5.74, 6) is 0. The Balaban J connectivity index is 3.24. The molecule has 0 aromatic heterocycles. The summed E-state index contributed by atoms with van der Waals surface area (Å²) >= 11 is 0. The Bertz CT molecular complexity index is 149. The summed E-state index contributed by atoms with van der Waals surface area (Å²) in [5.41, 5.74) is 0. The van der Waals surface area contributed by atoms with Crippen LogP contribution in [0, 0.1) is 6.92 Å². The molecule has 0 nitrogen and oxygen atoms in total. The second-order valence-corrected chi connectivity index (χ2v) is 2.69. The van der Waals surface area contributed by atoms with Gasteiger partial charge in [0.2, 0.25) is 0 Å². The zero-order valence-electron chi connectivity index (χ0n) is 8.00. The Morgan fingerprint density at radius 2 is 1.75 bits per heavy atom. The van der Waals surface area contributed by atoms with Crippen molar-refractivity contribution in [1.82, 2.24) is 0 Å². The number of allylic oxidation sites excluding steroid dienone is 6. The average Bonchev–Trinajstić information content (AvgIpc) is 2.10. The van der Waals surface area contributed by atoms with E-state index in [1.54, 1.807) is 0 Å². The van der Waals surface area contributed by atoms with E-state index in [2.05, 4.69) is 25.2 Å². The molecule has 0 saturated carbocycles. The highest BCUT2D eigenvalue weighted by Crippen LogP contribution is 1.99. The molecule has 0 aliphatic carbocycles. The standard InChI is InChI=1S/C12H19/c1-3-5-7-9-11-12-10-8-6-4-2/h4,6,8,10-12H,1,3,5,7,9H2,2H3/b6-4+,10-8+,12-11+. The Morgan fingerprint density at radius 3 is 2.42 bits per heavy atom. The van der Waals surface area contributed by atoms with Crippen LogP contribution < -0.4 is 0 Å². The van der Waals surface area contributed by atoms with Crippen molar-refractivity contribution in [2.75, 3.05) is 0 Å². The van der Waals surface area contributed by atoms with Crippen molar-refractivity contribution in [2.24, 2.45) is 0 Å². The van der Waals surface area contributed by atoms with E-state index < -0.39 is 0 Å². The van der Waals surface area contributed by atoms with Gasteiger partial charge in [-0.1, -0.05) is 56.2 Å². The van der Waals surface area contributed by atoms with Gasteiger partial charge in [-0.2, -0.15) is 0 Å². The van der Waals surface area contributed by atoms with Crippen LogP contribution in [0.5, 0.6) is 0 Å². The molecule has 0 N–H and O–H groups in total. The third-order valence-corrected chi connectivity index (χ3v) is 1.53. The minimum absolute atomic E-state index is 1.06. The van der Waals surface area contributed by atoms with Crippen LogP contribution in [0.1, 0.15) is 32.6 Å². The van der Waals surface area contributed by atoms with Crippen LogP contribution >= 0.6 is 0 Å². The maximum absolute atomic E-state index is 3.80. The lowest BCUT2D eigenvalue weighted by atomic mass is 10.2. The average molecular weight is 163 g/mol. The van der Waals surface area contributed by atoms with Crippen molar-refractivity contribution in [3.8, 4) is 0 Å². The Kier molecular flexibility index (Phi) is 9.56. The first-order valence-corrected chi connectivity index (χ1v) is 4.65. The molecule has 0 amide bonds. The maximum Gasteiger partial charge on any atom is -0.0348 e. The maximum atomic E-state index is 3.80. The molecule has 0 rings (SSSR count). The zero-order valence-corrected chi connectivity index (χ0v) is 8.00. The smallest absolute Gasteiger partial charge is 0.0348 e. The van der Waals surface area contributed by atoms with Gasteiger partial charge < -0.3 is 0 Å². The molecule has 67 valence electrons. The largest absolute Gasteiger partial charge is 0.0877 e. The third-order valence-electron chi connectivity index (χ3n) is 1.53. The lowest BCUT2D eigenvalue weighted by molar-refractivity contribution is 0.760. The van der Waals surface area contributed by atoms with Crippen LogP contribution in [0.2, 0.25) is 0 Å². The zero-order chi connectivity index (χ0) is 9.07. The first-order valence-electron chi connectivity index (χ1n) is 4.65. The molecule has 0 unspecified atom stereocenters. The molecule has 0 heterocycles. The van der Waals surface area contributed by atoms with Crippen molar-refractivity contribution in [3.63, 3.8) is 0 Å². The Hall–Kier alpha value is -0.780. The lowest BCUT2D eigenvalue weighted by Gasteiger charge is -1.89. The first kappa shape index (κ1) is 11.2. The van der Waals surface area contributed by atoms with Gasteiger partial charge in [-0.3, -0.25) is 0 Å². The number of unbranched alkanes of at least 4 members (excludes halogenated alkanes) is 3. The normalized spacial score (nSPS) is 12.5. The highest BCUT2D eigenvalue weighted by molar-refractivity contribution is 5.10. The second-order valence-electron chi connectivity index (χ2n) is 2.69. The van der Waals surface area contributed by atoms with Gasteiger partial charge in [0.05, 0.1) is 0 Å². The fourth-order valence-electron chi connectivity index (χ4n) is 0.853. The fourth-order valence-corrected chi connectivity index (χ4v) is 0.853. The van der Waals surface area contributed by atoms with Crippen LogP contribution in [0.4, 0.5) is 0 Å². The van der Waals surface area contributed by atoms with Crippen molar-refractivity contribution in [1.29, 1.82) is 0 Å². The van der Waals surface area contributed by atoms with Crippen molar-refractivity contribution in [2.45, 2.75) is 32.6 Å². The summed E-state index contributed by atoms with van der Waals surface area (Å²) in [6.45, 7) is 5.81. The summed E-state index contributed by atoms with van der Waals surface area (Å²) in [6.07, 6.45) is 17.2. The van der Waals surface area contributed by atoms with E-state index in [-0.39, 0.29) is 0 Å². The van der Waals surface area contributed by atoms with Gasteiger partial charge in [0, 0.05) is 0 Å². The predicted molar refractivity (Wildman–Crippen MR) is 56.9 cm³/mol. The van der Waals surface area contributed by atoms with E-state index in [4.69, 9.17) is 0 Å². The topological polar surface area (TPSA) is 0 Å². The molecule has 1 radical (unpaired) electrons. The van der Waals surface area contributed by atoms with Crippen molar-refractivity contribution in [3.05, 3.63) is 43.4 Å². The number of rotatable bonds is 6. The van der Waals surface area contributed by atoms with Gasteiger partial charge in [0.25, 0.3) is 0 Å². The van der Waals surface area contributed by atoms with Crippen LogP contribution in [0.3, 0.4) is 0 Å². The van der Waals surface area contributed by atoms with Crippen LogP contribution in [0.25, 0.3) is 0 Å². The fraction of sp³-hybridized carbons (Fsp3) is 0.417. The molecule has 0 aromatic rings. The van der Waals surface area contributed by atoms with Gasteiger partial charge in [-0.25, -0.2) is 0 Å². The van der Waals surface area contributed by atoms with Crippen LogP contribution in [0.15, 0.2) is 36.5 Å². The Labute approximate surface area is 76.7 Å². The van der Waals surface area contributed by atoms with Gasteiger partial charge in [0.15, 0.2) is 0 Å². The van der Waals surface area contributed by atoms with Gasteiger partial charge >= 0.3 is 0 Å². The molecule has 0 aromatic carbocycles. The summed E-state index contributed by atoms with van der Waals surface area (Å²) in [7, 11) is 0. The summed E-state index contributed by atoms with van der Waals surface area (Å²) < 4.78 is 0. The van der Waals surface area contributed by atoms with Crippen molar-refractivity contribution < 1.29 is 0 Å². The molecule has 0 fully saturated rings. The van der Waals surface area contributed by atoms with Crippen LogP contribution in [-0.2, 0) is 0 Å². The van der Waals surface area contributed by atoms with E-state index in [0.717, 1.165) is 6.42 Å². The minimum Gasteiger partial charge on any atom is -0.0877 e. The minimum atomic E-state index is 1.06. The van der Waals surface area contributed by atoms with Gasteiger partial charge in [-0.15, -0.1) is 0 Å². The third kappa shape index (κ3) is 9.22. The monoisotopic (exact) mass is 163 g/mol.